The lowest BCUT2D eigenvalue weighted by Crippen LogP contribution is -2.17. The standard InChI is InChI=1S/C27H32F4O/c1-3-5-16-6-8-17(9-7-16)10-11-18-12-13-19-20-14-15-21(32-4-2)25(29)23(20)27(31)26(30)22(19)24(18)28/h12-17,26-27H,3-11H2,1-2H3. The Morgan fingerprint density at radius 1 is 0.781 bits per heavy atom. The molecule has 32 heavy (non-hydrogen) atoms. The molecule has 2 atom stereocenters. The van der Waals surface area contributed by atoms with Gasteiger partial charge in [-0.25, -0.2) is 17.6 Å². The van der Waals surface area contributed by atoms with Crippen LogP contribution < -0.4 is 4.74 Å². The Morgan fingerprint density at radius 3 is 1.94 bits per heavy atom. The highest BCUT2D eigenvalue weighted by Crippen LogP contribution is 2.51. The Balaban J connectivity index is 1.56. The van der Waals surface area contributed by atoms with Gasteiger partial charge in [-0.15, -0.1) is 0 Å². The molecule has 0 spiro atoms. The molecule has 0 aromatic heterocycles. The summed E-state index contributed by atoms with van der Waals surface area (Å²) < 4.78 is 65.4. The van der Waals surface area contributed by atoms with Crippen LogP contribution >= 0.6 is 0 Å². The van der Waals surface area contributed by atoms with Crippen molar-refractivity contribution >= 4 is 0 Å². The Morgan fingerprint density at radius 2 is 1.34 bits per heavy atom. The molecule has 0 radical (unpaired) electrons. The van der Waals surface area contributed by atoms with Gasteiger partial charge in [0.05, 0.1) is 6.61 Å². The molecule has 2 aliphatic rings. The largest absolute Gasteiger partial charge is 0.491 e. The summed E-state index contributed by atoms with van der Waals surface area (Å²) in [7, 11) is 0. The number of ether oxygens (including phenoxy) is 1. The molecular formula is C27H32F4O. The fourth-order valence-electron chi connectivity index (χ4n) is 5.55. The summed E-state index contributed by atoms with van der Waals surface area (Å²) >= 11 is 0. The van der Waals surface area contributed by atoms with Crippen LogP contribution in [0.3, 0.4) is 0 Å². The van der Waals surface area contributed by atoms with Gasteiger partial charge < -0.3 is 4.74 Å². The van der Waals surface area contributed by atoms with E-state index in [2.05, 4.69) is 6.92 Å². The molecule has 5 heteroatoms. The van der Waals surface area contributed by atoms with Crippen molar-refractivity contribution in [1.82, 2.24) is 0 Å². The van der Waals surface area contributed by atoms with E-state index in [0.717, 1.165) is 25.2 Å². The fourth-order valence-corrected chi connectivity index (χ4v) is 5.55. The number of fused-ring (bicyclic) bond motifs is 3. The van der Waals surface area contributed by atoms with Crippen LogP contribution in [0.2, 0.25) is 0 Å². The van der Waals surface area contributed by atoms with Gasteiger partial charge in [0, 0.05) is 11.1 Å². The van der Waals surface area contributed by atoms with Gasteiger partial charge in [-0.1, -0.05) is 63.6 Å². The smallest absolute Gasteiger partial charge is 0.171 e. The van der Waals surface area contributed by atoms with E-state index in [0.29, 0.717) is 17.9 Å². The highest BCUT2D eigenvalue weighted by molar-refractivity contribution is 5.76. The Kier molecular flexibility index (Phi) is 7.11. The van der Waals surface area contributed by atoms with E-state index in [1.54, 1.807) is 19.1 Å². The Bertz CT molecular complexity index is 949. The first-order valence-electron chi connectivity index (χ1n) is 12.0. The molecule has 1 fully saturated rings. The summed E-state index contributed by atoms with van der Waals surface area (Å²) in [6.07, 6.45) is 4.13. The molecular weight excluding hydrogens is 416 g/mol. The molecule has 0 heterocycles. The van der Waals surface area contributed by atoms with E-state index in [4.69, 9.17) is 4.74 Å². The number of alkyl halides is 2. The molecule has 4 rings (SSSR count). The second-order valence-corrected chi connectivity index (χ2v) is 9.29. The van der Waals surface area contributed by atoms with Crippen molar-refractivity contribution in [1.29, 1.82) is 0 Å². The van der Waals surface area contributed by atoms with Gasteiger partial charge >= 0.3 is 0 Å². The fraction of sp³-hybridized carbons (Fsp3) is 0.556. The molecule has 2 aromatic carbocycles. The normalized spacial score (nSPS) is 24.7. The van der Waals surface area contributed by atoms with Gasteiger partial charge in [-0.3, -0.25) is 0 Å². The van der Waals surface area contributed by atoms with Gasteiger partial charge in [-0.05, 0) is 54.4 Å². The van der Waals surface area contributed by atoms with Crippen molar-refractivity contribution in [3.8, 4) is 16.9 Å². The van der Waals surface area contributed by atoms with Crippen molar-refractivity contribution in [3.05, 3.63) is 52.6 Å². The zero-order chi connectivity index (χ0) is 22.8. The van der Waals surface area contributed by atoms with E-state index in [1.807, 2.05) is 0 Å². The third kappa shape index (κ3) is 4.27. The van der Waals surface area contributed by atoms with Crippen molar-refractivity contribution in [2.24, 2.45) is 11.8 Å². The predicted molar refractivity (Wildman–Crippen MR) is 119 cm³/mol. The van der Waals surface area contributed by atoms with Crippen molar-refractivity contribution in [2.45, 2.75) is 77.6 Å². The average molecular weight is 449 g/mol. The molecule has 0 amide bonds. The van der Waals surface area contributed by atoms with Crippen molar-refractivity contribution in [3.63, 3.8) is 0 Å². The molecule has 1 nitrogen and oxygen atoms in total. The number of halogens is 4. The number of aryl methyl sites for hydroxylation is 1. The van der Waals surface area contributed by atoms with E-state index < -0.39 is 24.0 Å². The van der Waals surface area contributed by atoms with Crippen LogP contribution in [0, 0.1) is 23.5 Å². The second-order valence-electron chi connectivity index (χ2n) is 9.29. The molecule has 2 aliphatic carbocycles. The zero-order valence-electron chi connectivity index (χ0n) is 18.9. The zero-order valence-corrected chi connectivity index (χ0v) is 18.9. The number of hydrogen-bond acceptors (Lipinski definition) is 1. The lowest BCUT2D eigenvalue weighted by atomic mass is 9.77. The van der Waals surface area contributed by atoms with Crippen LogP contribution in [0.4, 0.5) is 17.6 Å². The van der Waals surface area contributed by atoms with Crippen LogP contribution in [-0.4, -0.2) is 6.61 Å². The number of hydrogen-bond donors (Lipinski definition) is 0. The van der Waals surface area contributed by atoms with Crippen LogP contribution in [-0.2, 0) is 6.42 Å². The molecule has 0 bridgehead atoms. The minimum atomic E-state index is -2.27. The second kappa shape index (κ2) is 9.84. The highest BCUT2D eigenvalue weighted by Gasteiger charge is 2.40. The minimum absolute atomic E-state index is 0.115. The summed E-state index contributed by atoms with van der Waals surface area (Å²) in [5, 5.41) is 0. The first kappa shape index (κ1) is 23.1. The van der Waals surface area contributed by atoms with Gasteiger partial charge in [0.1, 0.15) is 5.82 Å². The first-order chi connectivity index (χ1) is 15.5. The quantitative estimate of drug-likeness (QED) is 0.385. The van der Waals surface area contributed by atoms with Crippen LogP contribution in [0.5, 0.6) is 5.75 Å². The Labute approximate surface area is 188 Å². The monoisotopic (exact) mass is 448 g/mol. The molecule has 2 unspecified atom stereocenters. The average Bonchev–Trinajstić information content (AvgIpc) is 2.79. The minimum Gasteiger partial charge on any atom is -0.491 e. The maximum atomic E-state index is 15.4. The third-order valence-corrected chi connectivity index (χ3v) is 7.29. The molecule has 174 valence electrons. The lowest BCUT2D eigenvalue weighted by molar-refractivity contribution is 0.159. The topological polar surface area (TPSA) is 9.23 Å². The van der Waals surface area contributed by atoms with Gasteiger partial charge in [-0.2, -0.15) is 0 Å². The van der Waals surface area contributed by atoms with Crippen molar-refractivity contribution in [2.75, 3.05) is 6.61 Å². The SMILES string of the molecule is CCCC1CCC(CCc2ccc3c(c2F)C(F)C(F)c2c-3ccc(OCC)c2F)CC1. The van der Waals surface area contributed by atoms with E-state index in [1.165, 1.54) is 37.8 Å². The first-order valence-corrected chi connectivity index (χ1v) is 12.0. The van der Waals surface area contributed by atoms with E-state index >= 15 is 8.78 Å². The summed E-state index contributed by atoms with van der Waals surface area (Å²) in [5.74, 6) is -0.337. The molecule has 1 saturated carbocycles. The third-order valence-electron chi connectivity index (χ3n) is 7.29. The summed E-state index contributed by atoms with van der Waals surface area (Å²) in [5.41, 5.74) is 0.181. The maximum Gasteiger partial charge on any atom is 0.171 e. The van der Waals surface area contributed by atoms with E-state index in [-0.39, 0.29) is 34.6 Å². The Hall–Kier alpha value is -2.04. The molecule has 0 aliphatic heterocycles. The molecule has 0 N–H and O–H groups in total. The summed E-state index contributed by atoms with van der Waals surface area (Å²) in [6, 6.07) is 6.16. The van der Waals surface area contributed by atoms with Crippen LogP contribution in [0.15, 0.2) is 24.3 Å². The predicted octanol–water partition coefficient (Wildman–Crippen LogP) is 8.60. The van der Waals surface area contributed by atoms with Crippen LogP contribution in [0.25, 0.3) is 11.1 Å². The maximum absolute atomic E-state index is 15.4. The van der Waals surface area contributed by atoms with Gasteiger partial charge in [0.2, 0.25) is 0 Å². The van der Waals surface area contributed by atoms with Crippen molar-refractivity contribution < 1.29 is 22.3 Å². The summed E-state index contributed by atoms with van der Waals surface area (Å²) in [6.45, 7) is 4.11. The van der Waals surface area contributed by atoms with E-state index in [9.17, 15) is 8.78 Å². The molecule has 0 saturated heterocycles. The number of rotatable bonds is 7. The van der Waals surface area contributed by atoms with Crippen LogP contribution in [0.1, 0.15) is 87.8 Å². The van der Waals surface area contributed by atoms with Gasteiger partial charge in [0.15, 0.2) is 23.9 Å². The van der Waals surface area contributed by atoms with Gasteiger partial charge in [0.25, 0.3) is 0 Å². The number of benzene rings is 2. The molecule has 2 aromatic rings. The highest BCUT2D eigenvalue weighted by atomic mass is 19.2. The summed E-state index contributed by atoms with van der Waals surface area (Å²) in [4.78, 5) is 0. The lowest BCUT2D eigenvalue weighted by Gasteiger charge is -2.29.